The van der Waals surface area contributed by atoms with Crippen LogP contribution in [0.25, 0.3) is 5.69 Å². The van der Waals surface area contributed by atoms with Crippen LogP contribution < -0.4 is 10.6 Å². The minimum Gasteiger partial charge on any atom is -0.315 e. The Morgan fingerprint density at radius 3 is 2.21 bits per heavy atom. The van der Waals surface area contributed by atoms with Gasteiger partial charge in [0, 0.05) is 23.7 Å². The molecule has 1 heterocycles. The molecule has 2 N–H and O–H groups in total. The molecule has 3 amide bonds. The van der Waals surface area contributed by atoms with E-state index in [0.29, 0.717) is 12.4 Å². The van der Waals surface area contributed by atoms with Crippen LogP contribution in [0.5, 0.6) is 0 Å². The highest BCUT2D eigenvalue weighted by atomic mass is 16.2. The van der Waals surface area contributed by atoms with Crippen LogP contribution in [0.2, 0.25) is 0 Å². The van der Waals surface area contributed by atoms with Crippen molar-refractivity contribution in [2.24, 2.45) is 0 Å². The Labute approximate surface area is 227 Å². The average Bonchev–Trinajstić information content (AvgIpc) is 3.24. The maximum absolute atomic E-state index is 13.4. The Morgan fingerprint density at radius 2 is 1.61 bits per heavy atom. The van der Waals surface area contributed by atoms with Crippen LogP contribution in [0.15, 0.2) is 42.5 Å². The Hall–Kier alpha value is -3.61. The van der Waals surface area contributed by atoms with Crippen LogP contribution >= 0.6 is 0 Å². The van der Waals surface area contributed by atoms with Gasteiger partial charge in [0.1, 0.15) is 12.4 Å². The summed E-state index contributed by atoms with van der Waals surface area (Å²) in [6.45, 7) is 16.9. The SMILES string of the molecule is CCCCCN(CC(=O)Nc1cc(C(C)(C)C)nn1-c1ccc(C)cc1C)C(=O)Nc1c(C)cccc1C. The maximum atomic E-state index is 13.4. The van der Waals surface area contributed by atoms with E-state index >= 15 is 0 Å². The Kier molecular flexibility index (Phi) is 9.36. The minimum absolute atomic E-state index is 0.0522. The van der Waals surface area contributed by atoms with Crippen molar-refractivity contribution in [3.8, 4) is 5.69 Å². The third-order valence-electron chi connectivity index (χ3n) is 6.69. The van der Waals surface area contributed by atoms with Gasteiger partial charge in [0.25, 0.3) is 0 Å². The summed E-state index contributed by atoms with van der Waals surface area (Å²) in [6, 6.07) is 13.7. The van der Waals surface area contributed by atoms with Gasteiger partial charge < -0.3 is 15.5 Å². The topological polar surface area (TPSA) is 79.3 Å². The van der Waals surface area contributed by atoms with E-state index in [4.69, 9.17) is 5.10 Å². The molecule has 0 fully saturated rings. The van der Waals surface area contributed by atoms with Crippen LogP contribution in [0.3, 0.4) is 0 Å². The zero-order chi connectivity index (χ0) is 28.0. The molecule has 3 aromatic rings. The number of amides is 3. The number of anilines is 2. The normalized spacial score (nSPS) is 11.4. The predicted octanol–water partition coefficient (Wildman–Crippen LogP) is 7.07. The second-order valence-electron chi connectivity index (χ2n) is 11.2. The number of para-hydroxylation sites is 1. The number of nitrogens with zero attached hydrogens (tertiary/aromatic N) is 3. The molecule has 0 unspecified atom stereocenters. The van der Waals surface area contributed by atoms with Gasteiger partial charge in [0.05, 0.1) is 11.4 Å². The van der Waals surface area contributed by atoms with E-state index in [2.05, 4.69) is 51.3 Å². The molecule has 1 aromatic heterocycles. The zero-order valence-electron chi connectivity index (χ0n) is 24.2. The van der Waals surface area contributed by atoms with Crippen molar-refractivity contribution in [1.29, 1.82) is 0 Å². The molecule has 0 bridgehead atoms. The van der Waals surface area contributed by atoms with Crippen LogP contribution in [0, 0.1) is 27.7 Å². The fraction of sp³-hybridized carbons (Fsp3) is 0.452. The molecule has 38 heavy (non-hydrogen) atoms. The minimum atomic E-state index is -0.271. The van der Waals surface area contributed by atoms with Crippen molar-refractivity contribution >= 4 is 23.4 Å². The lowest BCUT2D eigenvalue weighted by Gasteiger charge is -2.24. The molecule has 0 saturated carbocycles. The van der Waals surface area contributed by atoms with Crippen molar-refractivity contribution < 1.29 is 9.59 Å². The number of carbonyl (C=O) groups is 2. The molecular weight excluding hydrogens is 474 g/mol. The van der Waals surface area contributed by atoms with Gasteiger partial charge in [-0.05, 0) is 56.9 Å². The fourth-order valence-corrected chi connectivity index (χ4v) is 4.42. The van der Waals surface area contributed by atoms with E-state index in [9.17, 15) is 9.59 Å². The summed E-state index contributed by atoms with van der Waals surface area (Å²) in [6.07, 6.45) is 2.85. The highest BCUT2D eigenvalue weighted by Crippen LogP contribution is 2.28. The Balaban J connectivity index is 1.86. The molecule has 0 atom stereocenters. The van der Waals surface area contributed by atoms with Crippen molar-refractivity contribution in [2.45, 2.75) is 80.1 Å². The van der Waals surface area contributed by atoms with Gasteiger partial charge >= 0.3 is 6.03 Å². The summed E-state index contributed by atoms with van der Waals surface area (Å²) in [5.41, 5.74) is 6.60. The molecule has 0 aliphatic heterocycles. The number of nitrogens with one attached hydrogen (secondary N) is 2. The summed E-state index contributed by atoms with van der Waals surface area (Å²) in [5.74, 6) is 0.333. The molecule has 7 nitrogen and oxygen atoms in total. The standard InChI is InChI=1S/C31H43N5O2/c1-9-10-11-17-35(30(38)33-29-22(3)13-12-14-23(29)4)20-28(37)32-27-19-26(31(6,7)8)34-36(27)25-16-15-21(2)18-24(25)5/h12-16,18-19H,9-11,17,20H2,1-8H3,(H,32,37)(H,33,38). The molecule has 3 rings (SSSR count). The van der Waals surface area contributed by atoms with E-state index in [-0.39, 0.29) is 23.9 Å². The Morgan fingerprint density at radius 1 is 0.921 bits per heavy atom. The summed E-state index contributed by atoms with van der Waals surface area (Å²) in [4.78, 5) is 28.3. The second-order valence-corrected chi connectivity index (χ2v) is 11.2. The molecule has 0 aliphatic rings. The molecule has 204 valence electrons. The van der Waals surface area contributed by atoms with Gasteiger partial charge in [0.15, 0.2) is 0 Å². The van der Waals surface area contributed by atoms with E-state index in [1.54, 1.807) is 9.58 Å². The first kappa shape index (κ1) is 29.0. The lowest BCUT2D eigenvalue weighted by atomic mass is 9.92. The molecule has 2 aromatic carbocycles. The number of carbonyl (C=O) groups excluding carboxylic acids is 2. The van der Waals surface area contributed by atoms with E-state index in [1.807, 2.05) is 57.2 Å². The Bertz CT molecular complexity index is 1270. The van der Waals surface area contributed by atoms with Gasteiger partial charge in [-0.1, -0.05) is 76.4 Å². The summed E-state index contributed by atoms with van der Waals surface area (Å²) < 4.78 is 1.80. The molecule has 0 saturated heterocycles. The molecule has 0 aliphatic carbocycles. The maximum Gasteiger partial charge on any atom is 0.322 e. The lowest BCUT2D eigenvalue weighted by molar-refractivity contribution is -0.116. The zero-order valence-corrected chi connectivity index (χ0v) is 24.2. The van der Waals surface area contributed by atoms with Crippen molar-refractivity contribution in [3.63, 3.8) is 0 Å². The number of unbranched alkanes of at least 4 members (excludes halogenated alkanes) is 2. The molecule has 0 radical (unpaired) electrons. The van der Waals surface area contributed by atoms with Crippen molar-refractivity contribution in [2.75, 3.05) is 23.7 Å². The summed E-state index contributed by atoms with van der Waals surface area (Å²) in [5, 5.41) is 10.9. The summed E-state index contributed by atoms with van der Waals surface area (Å²) in [7, 11) is 0. The third kappa shape index (κ3) is 7.24. The van der Waals surface area contributed by atoms with E-state index in [0.717, 1.165) is 58.6 Å². The number of rotatable bonds is 9. The van der Waals surface area contributed by atoms with Gasteiger partial charge in [-0.15, -0.1) is 0 Å². The van der Waals surface area contributed by atoms with Crippen LogP contribution in [-0.2, 0) is 10.2 Å². The van der Waals surface area contributed by atoms with Crippen molar-refractivity contribution in [1.82, 2.24) is 14.7 Å². The molecule has 0 spiro atoms. The van der Waals surface area contributed by atoms with Crippen molar-refractivity contribution in [3.05, 3.63) is 70.4 Å². The van der Waals surface area contributed by atoms with Gasteiger partial charge in [-0.25, -0.2) is 9.48 Å². The van der Waals surface area contributed by atoms with E-state index < -0.39 is 0 Å². The average molecular weight is 518 g/mol. The first-order chi connectivity index (χ1) is 17.9. The van der Waals surface area contributed by atoms with Crippen LogP contribution in [0.4, 0.5) is 16.3 Å². The number of hydrogen-bond donors (Lipinski definition) is 2. The largest absolute Gasteiger partial charge is 0.322 e. The quantitative estimate of drug-likeness (QED) is 0.298. The lowest BCUT2D eigenvalue weighted by Crippen LogP contribution is -2.41. The summed E-state index contributed by atoms with van der Waals surface area (Å²) >= 11 is 0. The fourth-order valence-electron chi connectivity index (χ4n) is 4.42. The number of urea groups is 1. The molecular formula is C31H43N5O2. The number of aromatic nitrogens is 2. The van der Waals surface area contributed by atoms with Crippen LogP contribution in [0.1, 0.15) is 74.9 Å². The third-order valence-corrected chi connectivity index (χ3v) is 6.69. The predicted molar refractivity (Wildman–Crippen MR) is 156 cm³/mol. The van der Waals surface area contributed by atoms with Gasteiger partial charge in [0.2, 0.25) is 5.91 Å². The number of benzene rings is 2. The highest BCUT2D eigenvalue weighted by molar-refractivity contribution is 5.97. The monoisotopic (exact) mass is 517 g/mol. The molecule has 7 heteroatoms. The number of hydrogen-bond acceptors (Lipinski definition) is 3. The van der Waals surface area contributed by atoms with Gasteiger partial charge in [-0.2, -0.15) is 5.10 Å². The first-order valence-corrected chi connectivity index (χ1v) is 13.5. The first-order valence-electron chi connectivity index (χ1n) is 13.5. The smallest absolute Gasteiger partial charge is 0.315 e. The number of aryl methyl sites for hydroxylation is 4. The highest BCUT2D eigenvalue weighted by Gasteiger charge is 2.24. The van der Waals surface area contributed by atoms with E-state index in [1.165, 1.54) is 0 Å². The van der Waals surface area contributed by atoms with Gasteiger partial charge in [-0.3, -0.25) is 4.79 Å². The second kappa shape index (κ2) is 12.3. The van der Waals surface area contributed by atoms with Crippen LogP contribution in [-0.4, -0.2) is 39.7 Å².